The van der Waals surface area contributed by atoms with Crippen LogP contribution in [-0.2, 0) is 15.1 Å². The summed E-state index contributed by atoms with van der Waals surface area (Å²) < 4.78 is 16.5. The molecule has 27 heavy (non-hydrogen) atoms. The second kappa shape index (κ2) is 12.8. The lowest BCUT2D eigenvalue weighted by molar-refractivity contribution is 0.0486. The van der Waals surface area contributed by atoms with Gasteiger partial charge in [-0.3, -0.25) is 0 Å². The topological polar surface area (TPSA) is 88.2 Å². The Bertz CT molecular complexity index is 555. The molecule has 1 aromatic heterocycles. The van der Waals surface area contributed by atoms with Gasteiger partial charge in [0.05, 0.1) is 26.4 Å². The predicted octanol–water partition coefficient (Wildman–Crippen LogP) is 2.49. The van der Waals surface area contributed by atoms with E-state index >= 15 is 0 Å². The number of nitrogens with one attached hydrogen (secondary N) is 2. The van der Waals surface area contributed by atoms with Crippen LogP contribution in [-0.4, -0.2) is 57.1 Å². The lowest BCUT2D eigenvalue weighted by atomic mass is 9.96. The summed E-state index contributed by atoms with van der Waals surface area (Å²) in [5.41, 5.74) is -0.317. The first-order chi connectivity index (χ1) is 12.9. The Kier molecular flexibility index (Phi) is 11.1. The number of rotatable bonds is 13. The van der Waals surface area contributed by atoms with Crippen LogP contribution in [0.1, 0.15) is 50.7 Å². The fourth-order valence-electron chi connectivity index (χ4n) is 2.64. The first-order valence-electron chi connectivity index (χ1n) is 9.88. The number of unbranched alkanes of at least 4 members (excludes halogenated alkanes) is 1. The van der Waals surface area contributed by atoms with Crippen LogP contribution < -0.4 is 10.6 Å². The van der Waals surface area contributed by atoms with Crippen LogP contribution in [0.3, 0.4) is 0 Å². The van der Waals surface area contributed by atoms with Crippen LogP contribution in [0.15, 0.2) is 15.5 Å². The van der Waals surface area contributed by atoms with E-state index in [0.717, 1.165) is 43.1 Å². The zero-order valence-corrected chi connectivity index (χ0v) is 17.6. The highest BCUT2D eigenvalue weighted by atomic mass is 16.5. The number of aryl methyl sites for hydroxylation is 2. The summed E-state index contributed by atoms with van der Waals surface area (Å²) in [7, 11) is 0. The molecular weight excluding hydrogens is 346 g/mol. The van der Waals surface area contributed by atoms with Crippen molar-refractivity contribution in [3.63, 3.8) is 0 Å². The van der Waals surface area contributed by atoms with Gasteiger partial charge in [0.15, 0.2) is 5.96 Å². The maximum absolute atomic E-state index is 10.8. The minimum Gasteiger partial charge on any atom is -0.466 e. The highest BCUT2D eigenvalue weighted by molar-refractivity contribution is 5.79. The van der Waals surface area contributed by atoms with Crippen LogP contribution in [0.2, 0.25) is 0 Å². The summed E-state index contributed by atoms with van der Waals surface area (Å²) in [5, 5.41) is 17.2. The van der Waals surface area contributed by atoms with Crippen molar-refractivity contribution in [1.82, 2.24) is 10.6 Å². The molecule has 0 saturated heterocycles. The molecule has 1 rings (SSSR count). The van der Waals surface area contributed by atoms with Gasteiger partial charge < -0.3 is 29.6 Å². The quantitative estimate of drug-likeness (QED) is 0.276. The molecule has 0 radical (unpaired) electrons. The second-order valence-corrected chi connectivity index (χ2v) is 6.80. The van der Waals surface area contributed by atoms with Crippen molar-refractivity contribution in [2.45, 2.75) is 53.1 Å². The van der Waals surface area contributed by atoms with E-state index < -0.39 is 5.60 Å². The monoisotopic (exact) mass is 383 g/mol. The van der Waals surface area contributed by atoms with Crippen molar-refractivity contribution < 1.29 is 19.0 Å². The maximum Gasteiger partial charge on any atom is 0.191 e. The zero-order valence-electron chi connectivity index (χ0n) is 17.6. The average molecular weight is 384 g/mol. The van der Waals surface area contributed by atoms with Crippen LogP contribution >= 0.6 is 0 Å². The number of aliphatic imine (C=N–C) groups is 1. The SMILES string of the molecule is CCCCOCCOCCNC(=NCC(C)(O)c1cc(C)oc1C)NCC. The number of guanidine groups is 1. The fraction of sp³-hybridized carbons (Fsp3) is 0.750. The number of furan rings is 1. The number of hydrogen-bond donors (Lipinski definition) is 3. The standard InChI is InChI=1S/C20H37N3O4/c1-6-8-10-25-12-13-26-11-9-22-19(21-7-2)23-15-20(5,24)18-14-16(3)27-17(18)4/h14,24H,6-13,15H2,1-5H3,(H2,21,22,23). The van der Waals surface area contributed by atoms with Gasteiger partial charge in [0.2, 0.25) is 0 Å². The number of hydrogen-bond acceptors (Lipinski definition) is 5. The van der Waals surface area contributed by atoms with Crippen molar-refractivity contribution in [3.8, 4) is 0 Å². The van der Waals surface area contributed by atoms with Crippen LogP contribution in [0.25, 0.3) is 0 Å². The minimum absolute atomic E-state index is 0.230. The first-order valence-corrected chi connectivity index (χ1v) is 9.88. The third-order valence-electron chi connectivity index (χ3n) is 4.06. The molecule has 0 aliphatic carbocycles. The van der Waals surface area contributed by atoms with Gasteiger partial charge in [-0.1, -0.05) is 13.3 Å². The minimum atomic E-state index is -1.09. The summed E-state index contributed by atoms with van der Waals surface area (Å²) in [5.74, 6) is 2.16. The molecule has 0 spiro atoms. The Labute approximate surface area is 163 Å². The van der Waals surface area contributed by atoms with E-state index in [-0.39, 0.29) is 6.54 Å². The molecule has 3 N–H and O–H groups in total. The van der Waals surface area contributed by atoms with Gasteiger partial charge in [0.1, 0.15) is 17.1 Å². The van der Waals surface area contributed by atoms with E-state index in [0.29, 0.717) is 32.3 Å². The van der Waals surface area contributed by atoms with E-state index in [9.17, 15) is 5.11 Å². The molecule has 0 aliphatic rings. The van der Waals surface area contributed by atoms with Gasteiger partial charge in [-0.15, -0.1) is 0 Å². The van der Waals surface area contributed by atoms with Crippen LogP contribution in [0.4, 0.5) is 0 Å². The summed E-state index contributed by atoms with van der Waals surface area (Å²) >= 11 is 0. The highest BCUT2D eigenvalue weighted by Crippen LogP contribution is 2.27. The summed E-state index contributed by atoms with van der Waals surface area (Å²) in [6.07, 6.45) is 2.23. The lowest BCUT2D eigenvalue weighted by Gasteiger charge is -2.21. The first kappa shape index (κ1) is 23.5. The zero-order chi connectivity index (χ0) is 20.1. The largest absolute Gasteiger partial charge is 0.466 e. The lowest BCUT2D eigenvalue weighted by Crippen LogP contribution is -2.40. The van der Waals surface area contributed by atoms with Gasteiger partial charge in [0.25, 0.3) is 0 Å². The molecular formula is C20H37N3O4. The molecule has 7 nitrogen and oxygen atoms in total. The van der Waals surface area contributed by atoms with Crippen molar-refractivity contribution in [3.05, 3.63) is 23.2 Å². The fourth-order valence-corrected chi connectivity index (χ4v) is 2.64. The van der Waals surface area contributed by atoms with E-state index in [4.69, 9.17) is 13.9 Å². The van der Waals surface area contributed by atoms with Crippen LogP contribution in [0, 0.1) is 13.8 Å². The summed E-state index contributed by atoms with van der Waals surface area (Å²) in [6.45, 7) is 13.8. The molecule has 1 heterocycles. The average Bonchev–Trinajstić information content (AvgIpc) is 2.97. The Morgan fingerprint density at radius 1 is 1.15 bits per heavy atom. The molecule has 7 heteroatoms. The van der Waals surface area contributed by atoms with E-state index in [1.54, 1.807) is 6.92 Å². The molecule has 0 aliphatic heterocycles. The number of ether oxygens (including phenoxy) is 2. The van der Waals surface area contributed by atoms with E-state index in [1.807, 2.05) is 26.8 Å². The predicted molar refractivity (Wildman–Crippen MR) is 108 cm³/mol. The Hall–Kier alpha value is -1.57. The van der Waals surface area contributed by atoms with Crippen molar-refractivity contribution in [2.75, 3.05) is 46.1 Å². The normalized spacial score (nSPS) is 14.2. The van der Waals surface area contributed by atoms with E-state index in [1.165, 1.54) is 0 Å². The molecule has 1 unspecified atom stereocenters. The Morgan fingerprint density at radius 2 is 1.85 bits per heavy atom. The number of aliphatic hydroxyl groups is 1. The third-order valence-corrected chi connectivity index (χ3v) is 4.06. The molecule has 0 amide bonds. The van der Waals surface area contributed by atoms with Gasteiger partial charge in [-0.25, -0.2) is 4.99 Å². The molecule has 0 fully saturated rings. The van der Waals surface area contributed by atoms with Crippen molar-refractivity contribution in [2.24, 2.45) is 4.99 Å². The summed E-state index contributed by atoms with van der Waals surface area (Å²) in [4.78, 5) is 4.50. The molecule has 1 aromatic rings. The number of nitrogens with zero attached hydrogens (tertiary/aromatic N) is 1. The van der Waals surface area contributed by atoms with Crippen molar-refractivity contribution >= 4 is 5.96 Å². The Morgan fingerprint density at radius 3 is 2.44 bits per heavy atom. The maximum atomic E-state index is 10.8. The Balaban J connectivity index is 2.38. The molecule has 0 saturated carbocycles. The van der Waals surface area contributed by atoms with Gasteiger partial charge in [0, 0.05) is 25.3 Å². The molecule has 156 valence electrons. The van der Waals surface area contributed by atoms with Gasteiger partial charge in [-0.05, 0) is 40.2 Å². The molecule has 0 aromatic carbocycles. The third kappa shape index (κ3) is 9.26. The molecule has 0 bridgehead atoms. The highest BCUT2D eigenvalue weighted by Gasteiger charge is 2.27. The van der Waals surface area contributed by atoms with E-state index in [2.05, 4.69) is 22.5 Å². The smallest absolute Gasteiger partial charge is 0.191 e. The second-order valence-electron chi connectivity index (χ2n) is 6.80. The van der Waals surface area contributed by atoms with Gasteiger partial charge in [-0.2, -0.15) is 0 Å². The summed E-state index contributed by atoms with van der Waals surface area (Å²) in [6, 6.07) is 1.86. The van der Waals surface area contributed by atoms with Gasteiger partial charge >= 0.3 is 0 Å². The van der Waals surface area contributed by atoms with Crippen molar-refractivity contribution in [1.29, 1.82) is 0 Å². The molecule has 1 atom stereocenters. The van der Waals surface area contributed by atoms with Crippen LogP contribution in [0.5, 0.6) is 0 Å².